The third-order valence-electron chi connectivity index (χ3n) is 8.37. The van der Waals surface area contributed by atoms with Crippen LogP contribution in [0.3, 0.4) is 0 Å². The van der Waals surface area contributed by atoms with Gasteiger partial charge >= 0.3 is 13.8 Å². The van der Waals surface area contributed by atoms with Crippen molar-refractivity contribution in [3.05, 3.63) is 72.9 Å². The fourth-order valence-corrected chi connectivity index (χ4v) is 5.98. The molecular formula is C44H76NO8P. The summed E-state index contributed by atoms with van der Waals surface area (Å²) >= 11 is 0. The molecule has 0 aliphatic heterocycles. The van der Waals surface area contributed by atoms with Crippen LogP contribution in [0.2, 0.25) is 0 Å². The fraction of sp³-hybridized carbons (Fsp3) is 0.682. The molecule has 0 aliphatic carbocycles. The molecule has 0 saturated heterocycles. The van der Waals surface area contributed by atoms with E-state index in [4.69, 9.17) is 13.8 Å². The highest BCUT2D eigenvalue weighted by Crippen LogP contribution is 2.42. The van der Waals surface area contributed by atoms with Gasteiger partial charge in [-0.1, -0.05) is 138 Å². The first-order chi connectivity index (χ1) is 26.3. The van der Waals surface area contributed by atoms with Gasteiger partial charge in [-0.25, -0.2) is 4.57 Å². The molecule has 0 spiro atoms. The van der Waals surface area contributed by atoms with Crippen LogP contribution in [0.15, 0.2) is 72.9 Å². The Balaban J connectivity index is 3.70. The fourth-order valence-electron chi connectivity index (χ4n) is 5.22. The van der Waals surface area contributed by atoms with E-state index in [1.54, 1.807) is 0 Å². The third-order valence-corrected chi connectivity index (χ3v) is 9.35. The maximum Gasteiger partial charge on any atom is 0.472 e. The van der Waals surface area contributed by atoms with Gasteiger partial charge in [-0.15, -0.1) is 0 Å². The Hall–Kier alpha value is -2.55. The van der Waals surface area contributed by atoms with Crippen molar-refractivity contribution in [3.8, 4) is 0 Å². The summed E-state index contributed by atoms with van der Waals surface area (Å²) in [5.74, 6) is -0.564. The maximum absolute atomic E-state index is 12.1. The molecule has 0 aromatic carbocycles. The Bertz CT molecular complexity index is 1110. The lowest BCUT2D eigenvalue weighted by molar-refractivity contribution is -0.147. The molecule has 2 unspecified atom stereocenters. The quantitative estimate of drug-likeness (QED) is 0.0244. The molecule has 0 heterocycles. The van der Waals surface area contributed by atoms with E-state index in [-0.39, 0.29) is 32.1 Å². The van der Waals surface area contributed by atoms with Gasteiger partial charge in [-0.2, -0.15) is 0 Å². The minimum atomic E-state index is -4.43. The van der Waals surface area contributed by atoms with Crippen LogP contribution in [0, 0.1) is 0 Å². The molecule has 0 rings (SSSR count). The summed E-state index contributed by atoms with van der Waals surface area (Å²) < 4.78 is 26.8. The van der Waals surface area contributed by atoms with Gasteiger partial charge in [0.05, 0.1) is 13.2 Å². The highest BCUT2D eigenvalue weighted by molar-refractivity contribution is 7.47. The predicted octanol–water partition coefficient (Wildman–Crippen LogP) is 11.5. The zero-order chi connectivity index (χ0) is 39.6. The number of phosphoric ester groups is 1. The van der Waals surface area contributed by atoms with Crippen molar-refractivity contribution in [2.45, 2.75) is 168 Å². The lowest BCUT2D eigenvalue weighted by Gasteiger charge is -2.15. The van der Waals surface area contributed by atoms with Crippen molar-refractivity contribution in [2.75, 3.05) is 26.4 Å². The number of aliphatic hydroxyl groups is 1. The number of phosphoric acid groups is 1. The highest BCUT2D eigenvalue weighted by Gasteiger charge is 2.23. The van der Waals surface area contributed by atoms with E-state index in [9.17, 15) is 24.2 Å². The van der Waals surface area contributed by atoms with E-state index in [1.807, 2.05) is 0 Å². The van der Waals surface area contributed by atoms with Crippen molar-refractivity contribution >= 4 is 19.7 Å². The Labute approximate surface area is 329 Å². The van der Waals surface area contributed by atoms with Crippen LogP contribution < -0.4 is 5.32 Å². The number of nitrogens with one attached hydrogen (secondary N) is 1. The van der Waals surface area contributed by atoms with E-state index in [0.717, 1.165) is 83.5 Å². The molecule has 0 aromatic heterocycles. The van der Waals surface area contributed by atoms with Crippen molar-refractivity contribution < 1.29 is 37.9 Å². The van der Waals surface area contributed by atoms with E-state index in [2.05, 4.69) is 92.1 Å². The summed E-state index contributed by atoms with van der Waals surface area (Å²) in [5, 5.41) is 12.7. The minimum Gasteiger partial charge on any atom is -0.463 e. The molecule has 10 heteroatoms. The molecule has 0 radical (unpaired) electrons. The van der Waals surface area contributed by atoms with Crippen LogP contribution in [0.25, 0.3) is 0 Å². The number of amides is 1. The third kappa shape index (κ3) is 40.6. The lowest BCUT2D eigenvalue weighted by Crippen LogP contribution is -2.27. The Kier molecular flexibility index (Phi) is 38.2. The summed E-state index contributed by atoms with van der Waals surface area (Å²) in [6.45, 7) is 3.36. The molecular weight excluding hydrogens is 701 g/mol. The van der Waals surface area contributed by atoms with Gasteiger partial charge in [-0.05, 0) is 83.5 Å². The molecule has 54 heavy (non-hydrogen) atoms. The van der Waals surface area contributed by atoms with Crippen molar-refractivity contribution in [3.63, 3.8) is 0 Å². The summed E-state index contributed by atoms with van der Waals surface area (Å²) in [5.41, 5.74) is 0. The summed E-state index contributed by atoms with van der Waals surface area (Å²) in [7, 11) is -4.43. The molecule has 0 aromatic rings. The van der Waals surface area contributed by atoms with E-state index in [1.165, 1.54) is 44.9 Å². The zero-order valence-corrected chi connectivity index (χ0v) is 34.8. The number of rotatable bonds is 38. The normalized spacial score (nSPS) is 14.1. The van der Waals surface area contributed by atoms with Crippen LogP contribution in [-0.4, -0.2) is 54.3 Å². The second-order valence-electron chi connectivity index (χ2n) is 13.6. The number of unbranched alkanes of at least 4 members (excludes halogenated alkanes) is 13. The van der Waals surface area contributed by atoms with Crippen LogP contribution >= 0.6 is 7.82 Å². The van der Waals surface area contributed by atoms with Gasteiger partial charge in [0.2, 0.25) is 5.91 Å². The van der Waals surface area contributed by atoms with Crippen LogP contribution in [-0.2, 0) is 27.9 Å². The topological polar surface area (TPSA) is 131 Å². The highest BCUT2D eigenvalue weighted by atomic mass is 31.2. The molecule has 2 atom stereocenters. The van der Waals surface area contributed by atoms with Gasteiger partial charge in [0.25, 0.3) is 0 Å². The molecule has 310 valence electrons. The van der Waals surface area contributed by atoms with Gasteiger partial charge < -0.3 is 20.1 Å². The number of carbonyl (C=O) groups excluding carboxylic acids is 2. The van der Waals surface area contributed by atoms with Gasteiger partial charge in [0.1, 0.15) is 12.7 Å². The molecule has 9 nitrogen and oxygen atoms in total. The van der Waals surface area contributed by atoms with Crippen molar-refractivity contribution in [1.29, 1.82) is 0 Å². The van der Waals surface area contributed by atoms with Crippen LogP contribution in [0.5, 0.6) is 0 Å². The first-order valence-electron chi connectivity index (χ1n) is 20.9. The lowest BCUT2D eigenvalue weighted by atomic mass is 10.1. The zero-order valence-electron chi connectivity index (χ0n) is 33.9. The molecule has 0 bridgehead atoms. The number of ether oxygens (including phenoxy) is 1. The molecule has 1 amide bonds. The van der Waals surface area contributed by atoms with Gasteiger partial charge in [0.15, 0.2) is 0 Å². The Morgan fingerprint density at radius 1 is 0.593 bits per heavy atom. The predicted molar refractivity (Wildman–Crippen MR) is 224 cm³/mol. The minimum absolute atomic E-state index is 0.0696. The number of allylic oxidation sites excluding steroid dienone is 12. The maximum atomic E-state index is 12.1. The average Bonchev–Trinajstić information content (AvgIpc) is 3.16. The number of esters is 1. The monoisotopic (exact) mass is 778 g/mol. The number of hydrogen-bond donors (Lipinski definition) is 3. The van der Waals surface area contributed by atoms with E-state index >= 15 is 0 Å². The second-order valence-corrected chi connectivity index (χ2v) is 15.0. The molecule has 0 saturated carbocycles. The van der Waals surface area contributed by atoms with E-state index in [0.29, 0.717) is 12.8 Å². The molecule has 3 N–H and O–H groups in total. The smallest absolute Gasteiger partial charge is 0.463 e. The van der Waals surface area contributed by atoms with Crippen molar-refractivity contribution in [1.82, 2.24) is 5.32 Å². The Morgan fingerprint density at radius 2 is 1.06 bits per heavy atom. The number of hydrogen-bond acceptors (Lipinski definition) is 7. The second kappa shape index (κ2) is 40.1. The Morgan fingerprint density at radius 3 is 1.63 bits per heavy atom. The van der Waals surface area contributed by atoms with Gasteiger partial charge in [-0.3, -0.25) is 18.6 Å². The van der Waals surface area contributed by atoms with Crippen LogP contribution in [0.4, 0.5) is 0 Å². The SMILES string of the molecule is CC/C=C\C/C=C\C/C=C\C/C=C\C/C=C\CCCCCC(=O)OCC(O)COP(=O)(O)OCCNC(=O)CCCCCCC/C=C\CCCCCCC. The summed E-state index contributed by atoms with van der Waals surface area (Å²) in [6.07, 6.45) is 48.3. The first-order valence-corrected chi connectivity index (χ1v) is 22.4. The van der Waals surface area contributed by atoms with E-state index < -0.39 is 26.5 Å². The number of carbonyl (C=O) groups is 2. The molecule has 0 fully saturated rings. The van der Waals surface area contributed by atoms with Crippen LogP contribution in [0.1, 0.15) is 162 Å². The van der Waals surface area contributed by atoms with Crippen molar-refractivity contribution in [2.24, 2.45) is 0 Å². The summed E-state index contributed by atoms with van der Waals surface area (Å²) in [4.78, 5) is 33.9. The van der Waals surface area contributed by atoms with Gasteiger partial charge in [0, 0.05) is 19.4 Å². The largest absolute Gasteiger partial charge is 0.472 e. The first kappa shape index (κ1) is 51.5. The number of aliphatic hydroxyl groups excluding tert-OH is 1. The standard InChI is InChI=1S/C44H76NO8P/c1-3-5-7-9-11-13-15-17-19-20-21-22-23-25-27-29-31-33-35-37-44(48)51-40-42(46)41-53-54(49,50)52-39-38-45-43(47)36-34-32-30-28-26-24-18-16-14-12-10-8-6-4-2/h5,7,11,13,16-19,21-22,25,27,42,46H,3-4,6,8-10,12,14-15,20,23-24,26,28-41H2,1-2H3,(H,45,47)(H,49,50)/b7-5-,13-11-,18-16-,19-17-,22-21-,27-25-. The summed E-state index contributed by atoms with van der Waals surface area (Å²) in [6, 6.07) is 0. The molecule has 0 aliphatic rings. The average molecular weight is 778 g/mol.